The van der Waals surface area contributed by atoms with Gasteiger partial charge in [-0.2, -0.15) is 0 Å². The van der Waals surface area contributed by atoms with E-state index in [0.29, 0.717) is 0 Å². The molecule has 0 aromatic heterocycles. The second-order valence-electron chi connectivity index (χ2n) is 21.2. The van der Waals surface area contributed by atoms with Crippen LogP contribution >= 0.6 is 0 Å². The van der Waals surface area contributed by atoms with E-state index in [1.165, 1.54) is 15.9 Å². The molecule has 0 saturated carbocycles. The number of nitrogens with zero attached hydrogens (tertiary/aromatic N) is 2. The van der Waals surface area contributed by atoms with E-state index in [9.17, 15) is 38.4 Å². The molecular formula is C56H76N10O8. The van der Waals surface area contributed by atoms with Gasteiger partial charge in [0.05, 0.1) is 24.2 Å². The normalized spacial score (nSPS) is 22.8. The molecule has 0 bridgehead atoms. The highest BCUT2D eigenvalue weighted by Crippen LogP contribution is 2.33. The molecule has 2 aliphatic carbocycles. The number of hydrogen-bond acceptors (Lipinski definition) is 10. The number of likely N-dealkylation sites (tertiary alicyclic amines) is 2. The molecule has 3 aromatic rings. The van der Waals surface area contributed by atoms with Crippen molar-refractivity contribution in [1.82, 2.24) is 52.3 Å². The molecule has 18 nitrogen and oxygen atoms in total. The lowest BCUT2D eigenvalue weighted by molar-refractivity contribution is -0.142. The van der Waals surface area contributed by atoms with Crippen molar-refractivity contribution in [2.75, 3.05) is 27.2 Å². The SMILES string of the molecule is CN[C@@H](C)C(=O)N[C@H](C(=O)N1C[C@@H](NC(=O)c2cccc(C(=O)N[C@H]3C[C@@H](C(=O)N[C@@H]4CCCc5ccccc54)N(C(=O)[C@@H](NC(=O)[C@H](C)NC)C(C)C)C3)c2)C[C@H]1C(=O)N[C@@H]1CCCc2ccccc21)C(C)C. The Morgan fingerprint density at radius 2 is 0.905 bits per heavy atom. The van der Waals surface area contributed by atoms with Crippen LogP contribution in [0.3, 0.4) is 0 Å². The standard InChI is InChI=1S/C56H76N10O8/c1-31(2)47(63-49(67)33(5)57-7)55(73)65-29-39(27-45(65)53(71)61-43-24-14-18-35-16-9-11-22-41(35)43)59-51(69)37-20-13-21-38(26-37)52(70)60-40-28-46(54(72)62-44-25-15-19-36-17-10-12-23-42(36)44)66(30-40)56(74)48(32(3)4)64-50(68)34(6)58-8/h9-13,16-17,20-23,26,31-34,39-40,43-48,57-58H,14-15,18-19,24-25,27-30H2,1-8H3,(H,59,69)(H,60,70)(H,61,71)(H,62,72)(H,63,67)(H,64,68)/t33-,34-,39-,40-,43+,44+,45-,46-,47-,48-/m0/s1. The highest BCUT2D eigenvalue weighted by molar-refractivity contribution is 6.01. The van der Waals surface area contributed by atoms with E-state index in [1.807, 2.05) is 64.1 Å². The van der Waals surface area contributed by atoms with Crippen molar-refractivity contribution in [1.29, 1.82) is 0 Å². The Balaban J connectivity index is 1.07. The Bertz CT molecular complexity index is 2400. The summed E-state index contributed by atoms with van der Waals surface area (Å²) in [5.41, 5.74) is 4.73. The third-order valence-electron chi connectivity index (χ3n) is 15.3. The summed E-state index contributed by atoms with van der Waals surface area (Å²) in [4.78, 5) is 115. The zero-order valence-corrected chi connectivity index (χ0v) is 44.1. The van der Waals surface area contributed by atoms with Crippen LogP contribution in [0.1, 0.15) is 135 Å². The van der Waals surface area contributed by atoms with E-state index in [1.54, 1.807) is 46.1 Å². The van der Waals surface area contributed by atoms with Crippen molar-refractivity contribution < 1.29 is 38.4 Å². The monoisotopic (exact) mass is 1020 g/mol. The van der Waals surface area contributed by atoms with Crippen molar-refractivity contribution in [2.45, 2.75) is 153 Å². The average molecular weight is 1020 g/mol. The Morgan fingerprint density at radius 1 is 0.514 bits per heavy atom. The molecule has 8 amide bonds. The number of hydrogen-bond donors (Lipinski definition) is 8. The number of benzene rings is 3. The Kier molecular flexibility index (Phi) is 18.3. The third-order valence-corrected chi connectivity index (χ3v) is 15.3. The van der Waals surface area contributed by atoms with E-state index in [0.717, 1.165) is 60.8 Å². The molecular weight excluding hydrogens is 941 g/mol. The van der Waals surface area contributed by atoms with Gasteiger partial charge in [-0.25, -0.2) is 0 Å². The predicted molar refractivity (Wildman–Crippen MR) is 280 cm³/mol. The number of nitrogens with one attached hydrogen (secondary N) is 8. The minimum Gasteiger partial charge on any atom is -0.347 e. The van der Waals surface area contributed by atoms with Gasteiger partial charge in [-0.15, -0.1) is 0 Å². The van der Waals surface area contributed by atoms with Crippen molar-refractivity contribution in [3.63, 3.8) is 0 Å². The Morgan fingerprint density at radius 3 is 1.28 bits per heavy atom. The molecule has 0 radical (unpaired) electrons. The second kappa shape index (κ2) is 24.6. The van der Waals surface area contributed by atoms with E-state index in [2.05, 4.69) is 54.7 Å². The van der Waals surface area contributed by atoms with Crippen molar-refractivity contribution >= 4 is 47.3 Å². The Hall–Kier alpha value is -6.66. The minimum atomic E-state index is -0.954. The summed E-state index contributed by atoms with van der Waals surface area (Å²) in [7, 11) is 3.30. The van der Waals surface area contributed by atoms with Crippen LogP contribution in [0, 0.1) is 11.8 Å². The summed E-state index contributed by atoms with van der Waals surface area (Å²) in [5, 5.41) is 24.0. The minimum absolute atomic E-state index is 0.000467. The fraction of sp³-hybridized carbons (Fsp3) is 0.536. The third kappa shape index (κ3) is 12.8. The topological polar surface area (TPSA) is 239 Å². The number of likely N-dealkylation sites (N-methyl/N-ethyl adjacent to an activating group) is 2. The van der Waals surface area contributed by atoms with Gasteiger partial charge in [-0.1, -0.05) is 82.3 Å². The summed E-state index contributed by atoms with van der Waals surface area (Å²) in [5.74, 6) is -3.99. The van der Waals surface area contributed by atoms with Crippen LogP contribution in [0.5, 0.6) is 0 Å². The molecule has 2 aliphatic heterocycles. The fourth-order valence-corrected chi connectivity index (χ4v) is 10.8. The summed E-state index contributed by atoms with van der Waals surface area (Å²) in [6.07, 6.45) is 5.27. The van der Waals surface area contributed by atoms with Crippen LogP contribution in [0.15, 0.2) is 72.8 Å². The van der Waals surface area contributed by atoms with Gasteiger partial charge in [0.15, 0.2) is 0 Å². The lowest BCUT2D eigenvalue weighted by Crippen LogP contribution is -2.57. The molecule has 0 spiro atoms. The summed E-state index contributed by atoms with van der Waals surface area (Å²) >= 11 is 0. The van der Waals surface area contributed by atoms with Crippen LogP contribution in [0.2, 0.25) is 0 Å². The number of amides is 8. The van der Waals surface area contributed by atoms with Gasteiger partial charge in [0.25, 0.3) is 11.8 Å². The van der Waals surface area contributed by atoms with Crippen LogP contribution in [-0.2, 0) is 41.6 Å². The van der Waals surface area contributed by atoms with Crippen molar-refractivity contribution in [2.24, 2.45) is 11.8 Å². The van der Waals surface area contributed by atoms with Crippen LogP contribution in [0.25, 0.3) is 0 Å². The van der Waals surface area contributed by atoms with Crippen LogP contribution < -0.4 is 42.5 Å². The van der Waals surface area contributed by atoms with Crippen molar-refractivity contribution in [3.05, 3.63) is 106 Å². The molecule has 3 aromatic carbocycles. The van der Waals surface area contributed by atoms with E-state index >= 15 is 0 Å². The number of carbonyl (C=O) groups excluding carboxylic acids is 8. The molecule has 8 N–H and O–H groups in total. The van der Waals surface area contributed by atoms with Gasteiger partial charge in [0.2, 0.25) is 35.4 Å². The second-order valence-corrected chi connectivity index (χ2v) is 21.2. The number of rotatable bonds is 18. The van der Waals surface area contributed by atoms with Gasteiger partial charge in [-0.3, -0.25) is 38.4 Å². The van der Waals surface area contributed by atoms with E-state index < -0.39 is 72.0 Å². The quantitative estimate of drug-likeness (QED) is 0.0928. The molecule has 2 fully saturated rings. The number of carbonyl (C=O) groups is 8. The molecule has 74 heavy (non-hydrogen) atoms. The highest BCUT2D eigenvalue weighted by atomic mass is 16.2. The molecule has 2 heterocycles. The average Bonchev–Trinajstić information content (AvgIpc) is 4.03. The van der Waals surface area contributed by atoms with E-state index in [-0.39, 0.29) is 84.6 Å². The first-order valence-corrected chi connectivity index (χ1v) is 26.4. The zero-order chi connectivity index (χ0) is 53.4. The first-order chi connectivity index (χ1) is 35.4. The van der Waals surface area contributed by atoms with Crippen LogP contribution in [-0.4, -0.2) is 133 Å². The van der Waals surface area contributed by atoms with Gasteiger partial charge >= 0.3 is 0 Å². The number of fused-ring (bicyclic) bond motifs is 2. The fourth-order valence-electron chi connectivity index (χ4n) is 10.8. The molecule has 4 aliphatic rings. The highest BCUT2D eigenvalue weighted by Gasteiger charge is 2.46. The maximum Gasteiger partial charge on any atom is 0.251 e. The maximum atomic E-state index is 14.5. The van der Waals surface area contributed by atoms with Gasteiger partial charge < -0.3 is 52.3 Å². The molecule has 18 heteroatoms. The smallest absolute Gasteiger partial charge is 0.251 e. The molecule has 0 unspecified atom stereocenters. The largest absolute Gasteiger partial charge is 0.347 e. The molecule has 398 valence electrons. The Labute approximate surface area is 435 Å². The van der Waals surface area contributed by atoms with Crippen LogP contribution in [0.4, 0.5) is 0 Å². The number of aryl methyl sites for hydroxylation is 2. The molecule has 7 rings (SSSR count). The van der Waals surface area contributed by atoms with Gasteiger partial charge in [0, 0.05) is 36.3 Å². The summed E-state index contributed by atoms with van der Waals surface area (Å²) < 4.78 is 0. The maximum absolute atomic E-state index is 14.5. The van der Waals surface area contributed by atoms with Gasteiger partial charge in [0.1, 0.15) is 24.2 Å². The lowest BCUT2D eigenvalue weighted by Gasteiger charge is -2.32. The van der Waals surface area contributed by atoms with Crippen molar-refractivity contribution in [3.8, 4) is 0 Å². The predicted octanol–water partition coefficient (Wildman–Crippen LogP) is 2.97. The summed E-state index contributed by atoms with van der Waals surface area (Å²) in [6, 6.07) is 15.4. The first kappa shape index (κ1) is 55.1. The first-order valence-electron chi connectivity index (χ1n) is 26.4. The summed E-state index contributed by atoms with van der Waals surface area (Å²) in [6.45, 7) is 10.7. The molecule has 2 saturated heterocycles. The van der Waals surface area contributed by atoms with E-state index in [4.69, 9.17) is 0 Å². The zero-order valence-electron chi connectivity index (χ0n) is 44.1. The van der Waals surface area contributed by atoms with Gasteiger partial charge in [-0.05, 0) is 132 Å². The molecule has 10 atom stereocenters. The lowest BCUT2D eigenvalue weighted by atomic mass is 9.87.